The van der Waals surface area contributed by atoms with E-state index < -0.39 is 36.4 Å². The zero-order valence-electron chi connectivity index (χ0n) is 55.4. The van der Waals surface area contributed by atoms with Gasteiger partial charge >= 0.3 is 18.3 Å². The third-order valence-electron chi connectivity index (χ3n) is 17.7. The van der Waals surface area contributed by atoms with Crippen LogP contribution in [-0.4, -0.2) is 145 Å². The molecule has 92 heavy (non-hydrogen) atoms. The van der Waals surface area contributed by atoms with Gasteiger partial charge in [-0.1, -0.05) is 107 Å². The molecule has 0 saturated carbocycles. The Morgan fingerprint density at radius 3 is 1.37 bits per heavy atom. The molecule has 490 valence electrons. The molecule has 4 aliphatic rings. The molecule has 0 bridgehead atoms. The highest BCUT2D eigenvalue weighted by Gasteiger charge is 2.41. The molecule has 22 nitrogen and oxygen atoms in total. The van der Waals surface area contributed by atoms with Crippen molar-refractivity contribution in [1.82, 2.24) is 65.5 Å². The maximum Gasteiger partial charge on any atom is 0.407 e. The topological polar surface area (TPSA) is 275 Å². The lowest BCUT2D eigenvalue weighted by Gasteiger charge is -2.30. The molecule has 3 saturated heterocycles. The van der Waals surface area contributed by atoms with Crippen LogP contribution < -0.4 is 16.0 Å². The first-order chi connectivity index (χ1) is 44.0. The second-order valence-electron chi connectivity index (χ2n) is 25.4. The van der Waals surface area contributed by atoms with Crippen molar-refractivity contribution in [2.45, 2.75) is 157 Å². The van der Waals surface area contributed by atoms with Crippen molar-refractivity contribution in [2.24, 2.45) is 17.8 Å². The first kappa shape index (κ1) is 67.5. The zero-order valence-corrected chi connectivity index (χ0v) is 56.2. The molecule has 6 N–H and O–H groups in total. The van der Waals surface area contributed by atoms with E-state index in [4.69, 9.17) is 14.5 Å². The quantitative estimate of drug-likeness (QED) is 0.0522. The van der Waals surface area contributed by atoms with Crippen LogP contribution in [0.25, 0.3) is 50.1 Å². The van der Waals surface area contributed by atoms with Gasteiger partial charge in [-0.25, -0.2) is 34.3 Å². The third kappa shape index (κ3) is 15.0. The molecule has 3 fully saturated rings. The number of hydrogen-bond donors (Lipinski definition) is 6. The van der Waals surface area contributed by atoms with Crippen molar-refractivity contribution in [3.8, 4) is 33.8 Å². The number of rotatable bonds is 15. The van der Waals surface area contributed by atoms with E-state index in [1.807, 2.05) is 81.8 Å². The molecule has 7 aromatic rings. The predicted octanol–water partition coefficient (Wildman–Crippen LogP) is 12.2. The van der Waals surface area contributed by atoms with Crippen molar-refractivity contribution in [3.05, 3.63) is 123 Å². The minimum atomic E-state index is -0.646. The third-order valence-corrected chi connectivity index (χ3v) is 18.8. The number of methoxy groups -OCH3 is 3. The number of nitrogens with zero attached hydrogens (tertiary/aromatic N) is 7. The van der Waals surface area contributed by atoms with Crippen molar-refractivity contribution in [1.29, 1.82) is 0 Å². The van der Waals surface area contributed by atoms with Crippen LogP contribution in [0, 0.1) is 45.4 Å². The molecule has 6 atom stereocenters. The van der Waals surface area contributed by atoms with E-state index in [0.717, 1.165) is 107 Å². The van der Waals surface area contributed by atoms with Crippen molar-refractivity contribution >= 4 is 63.6 Å². The van der Waals surface area contributed by atoms with Gasteiger partial charge in [-0.15, -0.1) is 11.3 Å². The Hall–Kier alpha value is -8.86. The summed E-state index contributed by atoms with van der Waals surface area (Å²) in [6.07, 6.45) is 12.2. The summed E-state index contributed by atoms with van der Waals surface area (Å²) in [5.74, 6) is 1.85. The Balaban J connectivity index is 0.000000164. The summed E-state index contributed by atoms with van der Waals surface area (Å²) in [5.41, 5.74) is 14.7. The molecule has 0 radical (unpaired) electrons. The molecular formula is C69H89N13O9S. The Kier molecular flexibility index (Phi) is 21.7. The van der Waals surface area contributed by atoms with E-state index in [0.29, 0.717) is 19.6 Å². The largest absolute Gasteiger partial charge is 0.453 e. The van der Waals surface area contributed by atoms with Crippen LogP contribution in [0.4, 0.5) is 14.4 Å². The number of hydrogen-bond acceptors (Lipinski definition) is 14. The number of aromatic nitrogens is 7. The van der Waals surface area contributed by atoms with Gasteiger partial charge < -0.3 is 59.8 Å². The molecule has 4 aromatic heterocycles. The van der Waals surface area contributed by atoms with Gasteiger partial charge in [0.05, 0.1) is 90.4 Å². The molecule has 3 aromatic carbocycles. The van der Waals surface area contributed by atoms with Gasteiger partial charge in [0, 0.05) is 30.8 Å². The normalized spacial score (nSPS) is 17.8. The fraction of sp³-hybridized carbons (Fsp3) is 0.478. The fourth-order valence-corrected chi connectivity index (χ4v) is 13.6. The van der Waals surface area contributed by atoms with E-state index in [1.54, 1.807) is 11.3 Å². The van der Waals surface area contributed by atoms with E-state index in [1.165, 1.54) is 59.4 Å². The standard InChI is InChI=1S/C25H32N4O3.C23H29N5O3S.C21H28N4O3/c1-14(2)22(28-25(31)32-5)24(30)29-10-6-7-21(29)23-26-13-20(27-23)17-9-8-16(4)18-11-15(3)12-19(17)18;1-12(2)18(27-23(30)31-5)22(29)28-10-6-7-17(28)21-24-11-16(26-21)15-9-8-13(3)20-19(15)25-14(4)32-20;1-13(2)18(24-21(27)28-4)20(26)25-11-5-6-17(25)19-22-12-16(23-19)15-9-7-14(3)8-10-15/h8-9,12-14,21-22H,6-7,10-11H2,1-5H3,(H,26,27)(H,28,31);8-9,11-12,17-18H,6-7,10H2,1-5H3,(H,24,26)(H,27,30);7-10,12-13,17-18H,5-6,11H2,1-4H3,(H,22,23)(H,24,27)/t21-,22-;2*17-,18-/m000/s1. The smallest absolute Gasteiger partial charge is 0.407 e. The number of likely N-dealkylation sites (tertiary alicyclic amines) is 3. The summed E-state index contributed by atoms with van der Waals surface area (Å²) >= 11 is 1.69. The predicted molar refractivity (Wildman–Crippen MR) is 355 cm³/mol. The average molecular weight is 1280 g/mol. The Bertz CT molecular complexity index is 3820. The number of thiazole rings is 1. The number of amides is 6. The molecule has 6 amide bonds. The van der Waals surface area contributed by atoms with Crippen LogP contribution in [0.2, 0.25) is 0 Å². The van der Waals surface area contributed by atoms with Gasteiger partial charge in [0.25, 0.3) is 0 Å². The number of carbonyl (C=O) groups excluding carboxylic acids is 6. The van der Waals surface area contributed by atoms with Crippen LogP contribution in [0.1, 0.15) is 155 Å². The van der Waals surface area contributed by atoms with Gasteiger partial charge in [-0.3, -0.25) is 14.4 Å². The minimum absolute atomic E-state index is 0.0485. The van der Waals surface area contributed by atoms with Crippen molar-refractivity contribution in [2.75, 3.05) is 41.0 Å². The van der Waals surface area contributed by atoms with Crippen LogP contribution in [-0.2, 0) is 35.0 Å². The van der Waals surface area contributed by atoms with Crippen molar-refractivity contribution < 1.29 is 43.0 Å². The number of aromatic amines is 3. The van der Waals surface area contributed by atoms with Crippen molar-refractivity contribution in [3.63, 3.8) is 0 Å². The number of carbonyl (C=O) groups is 6. The molecule has 23 heteroatoms. The molecule has 7 heterocycles. The number of allylic oxidation sites excluding steroid dienone is 1. The molecule has 0 unspecified atom stereocenters. The lowest BCUT2D eigenvalue weighted by atomic mass is 9.97. The summed E-state index contributed by atoms with van der Waals surface area (Å²) in [6.45, 7) is 23.9. The van der Waals surface area contributed by atoms with Gasteiger partial charge in [0.15, 0.2) is 0 Å². The molecule has 1 aliphatic carbocycles. The highest BCUT2D eigenvalue weighted by Crippen LogP contribution is 2.40. The highest BCUT2D eigenvalue weighted by atomic mass is 32.1. The average Bonchev–Trinajstić information content (AvgIpc) is 1.64. The SMILES string of the molecule is COC(=O)N[C@H](C(=O)N1CCC[C@H]1c1ncc(-c2ccc(C)c3c2C=C(C)C3)[nH]1)C(C)C.COC(=O)N[C@H](C(=O)N1CCC[C@H]1c1ncc(-c2ccc(C)c3sc(C)nc23)[nH]1)C(C)C.COC(=O)N[C@H](C(=O)N1CCC[C@H]1c1ncc(-c2ccc(C)cc2)[nH]1)C(C)C. The highest BCUT2D eigenvalue weighted by molar-refractivity contribution is 7.18. The summed E-state index contributed by atoms with van der Waals surface area (Å²) in [4.78, 5) is 109. The van der Waals surface area contributed by atoms with Gasteiger partial charge in [-0.2, -0.15) is 0 Å². The van der Waals surface area contributed by atoms with E-state index in [-0.39, 0.29) is 53.6 Å². The van der Waals surface area contributed by atoms with E-state index in [2.05, 4.69) is 133 Å². The number of nitrogens with one attached hydrogen (secondary N) is 6. The van der Waals surface area contributed by atoms with E-state index >= 15 is 0 Å². The second kappa shape index (κ2) is 29.6. The lowest BCUT2D eigenvalue weighted by molar-refractivity contribution is -0.136. The van der Waals surface area contributed by atoms with Crippen LogP contribution in [0.5, 0.6) is 0 Å². The summed E-state index contributed by atoms with van der Waals surface area (Å²) < 4.78 is 15.3. The van der Waals surface area contributed by atoms with Crippen LogP contribution >= 0.6 is 11.3 Å². The summed E-state index contributed by atoms with van der Waals surface area (Å²) in [7, 11) is 3.90. The maximum atomic E-state index is 13.3. The zero-order chi connectivity index (χ0) is 66.2. The summed E-state index contributed by atoms with van der Waals surface area (Å²) in [6, 6.07) is 14.4. The fourth-order valence-electron chi connectivity index (χ4n) is 12.7. The van der Waals surface area contributed by atoms with Crippen LogP contribution in [0.15, 0.2) is 72.7 Å². The first-order valence-electron chi connectivity index (χ1n) is 31.8. The number of ether oxygens (including phenoxy) is 3. The number of H-pyrrole nitrogens is 3. The van der Waals surface area contributed by atoms with Gasteiger partial charge in [0.1, 0.15) is 35.6 Å². The van der Waals surface area contributed by atoms with Gasteiger partial charge in [0.2, 0.25) is 17.7 Å². The minimum Gasteiger partial charge on any atom is -0.453 e. The van der Waals surface area contributed by atoms with E-state index in [9.17, 15) is 28.8 Å². The molecule has 0 spiro atoms. The molecular weight excluding hydrogens is 1190 g/mol. The van der Waals surface area contributed by atoms with Crippen LogP contribution in [0.3, 0.4) is 0 Å². The monoisotopic (exact) mass is 1280 g/mol. The maximum absolute atomic E-state index is 13.3. The Morgan fingerprint density at radius 2 is 0.935 bits per heavy atom. The number of imidazole rings is 3. The number of aryl methyl sites for hydroxylation is 4. The Morgan fingerprint density at radius 1 is 0.533 bits per heavy atom. The second-order valence-corrected chi connectivity index (χ2v) is 26.6. The number of benzene rings is 3. The number of alkyl carbamates (subject to hydrolysis) is 3. The first-order valence-corrected chi connectivity index (χ1v) is 32.7. The summed E-state index contributed by atoms with van der Waals surface area (Å²) in [5, 5.41) is 9.07. The van der Waals surface area contributed by atoms with Gasteiger partial charge in [-0.05, 0) is 125 Å². The number of fused-ring (bicyclic) bond motifs is 2. The Labute approximate surface area is 542 Å². The molecule has 3 aliphatic heterocycles. The lowest BCUT2D eigenvalue weighted by Crippen LogP contribution is -2.51. The molecule has 11 rings (SSSR count).